The first kappa shape index (κ1) is 8.95. The third-order valence-electron chi connectivity index (χ3n) is 1.34. The molecule has 6 heteroatoms. The summed E-state index contributed by atoms with van der Waals surface area (Å²) in [5.74, 6) is 5.69. The van der Waals surface area contributed by atoms with Gasteiger partial charge in [0, 0.05) is 20.1 Å². The average Bonchev–Trinajstić information content (AvgIpc) is 2.53. The lowest BCUT2D eigenvalue weighted by atomic mass is 10.3. The molecule has 0 fully saturated rings. The lowest BCUT2D eigenvalue weighted by molar-refractivity contribution is 0.194. The summed E-state index contributed by atoms with van der Waals surface area (Å²) in [7, 11) is 1.66. The van der Waals surface area contributed by atoms with E-state index in [1.807, 2.05) is 0 Å². The molecule has 0 aliphatic heterocycles. The van der Waals surface area contributed by atoms with Crippen LogP contribution in [0, 0.1) is 0 Å². The van der Waals surface area contributed by atoms with Gasteiger partial charge in [0.1, 0.15) is 0 Å². The summed E-state index contributed by atoms with van der Waals surface area (Å²) in [6, 6.07) is 0.238. The Hall–Kier alpha value is -1.14. The number of nitrogens with two attached hydrogens (primary N) is 1. The average molecular weight is 172 g/mol. The number of nitrogen functional groups attached to an aromatic ring is 1. The fraction of sp³-hybridized carbons (Fsp3) is 0.667. The van der Waals surface area contributed by atoms with Crippen molar-refractivity contribution >= 4 is 6.01 Å². The zero-order valence-electron chi connectivity index (χ0n) is 6.91. The molecule has 1 heterocycles. The Morgan fingerprint density at radius 3 is 3.08 bits per heavy atom. The van der Waals surface area contributed by atoms with Crippen molar-refractivity contribution < 1.29 is 9.26 Å². The molecular weight excluding hydrogens is 160 g/mol. The highest BCUT2D eigenvalue weighted by Crippen LogP contribution is 2.02. The largest absolute Gasteiger partial charge is 0.385 e. The van der Waals surface area contributed by atoms with E-state index in [4.69, 9.17) is 15.1 Å². The fourth-order valence-corrected chi connectivity index (χ4v) is 0.789. The fourth-order valence-electron chi connectivity index (χ4n) is 0.789. The number of hydrazine groups is 1. The SMILES string of the molecule is COCCCc1noc(NN)n1. The van der Waals surface area contributed by atoms with Crippen LogP contribution in [-0.4, -0.2) is 23.9 Å². The highest BCUT2D eigenvalue weighted by atomic mass is 16.5. The Kier molecular flexibility index (Phi) is 3.49. The standard InChI is InChI=1S/C6H12N4O2/c1-11-4-2-3-5-8-6(9-7)12-10-5/h2-4,7H2,1H3,(H,8,9,10). The molecule has 0 unspecified atom stereocenters. The number of aromatic nitrogens is 2. The van der Waals surface area contributed by atoms with Gasteiger partial charge in [-0.3, -0.25) is 5.43 Å². The van der Waals surface area contributed by atoms with Crippen molar-refractivity contribution in [2.75, 3.05) is 19.1 Å². The van der Waals surface area contributed by atoms with Gasteiger partial charge in [-0.1, -0.05) is 5.16 Å². The third kappa shape index (κ3) is 2.48. The molecule has 0 bridgehead atoms. The topological polar surface area (TPSA) is 86.2 Å². The first-order valence-electron chi connectivity index (χ1n) is 3.65. The zero-order chi connectivity index (χ0) is 8.81. The first-order chi connectivity index (χ1) is 5.86. The molecule has 0 spiro atoms. The molecule has 12 heavy (non-hydrogen) atoms. The normalized spacial score (nSPS) is 10.2. The van der Waals surface area contributed by atoms with E-state index in [0.717, 1.165) is 12.8 Å². The molecule has 0 radical (unpaired) electrons. The number of rotatable bonds is 5. The number of hydrogen-bond donors (Lipinski definition) is 2. The maximum Gasteiger partial charge on any atom is 0.335 e. The number of hydrogen-bond acceptors (Lipinski definition) is 6. The van der Waals surface area contributed by atoms with E-state index in [0.29, 0.717) is 12.4 Å². The second kappa shape index (κ2) is 4.68. The van der Waals surface area contributed by atoms with Crippen LogP contribution in [0.2, 0.25) is 0 Å². The molecule has 1 rings (SSSR count). The first-order valence-corrected chi connectivity index (χ1v) is 3.65. The summed E-state index contributed by atoms with van der Waals surface area (Å²) in [5, 5.41) is 3.67. The Balaban J connectivity index is 2.31. The van der Waals surface area contributed by atoms with Gasteiger partial charge in [0.15, 0.2) is 5.82 Å². The molecule has 0 atom stereocenters. The van der Waals surface area contributed by atoms with Crippen LogP contribution in [0.15, 0.2) is 4.52 Å². The van der Waals surface area contributed by atoms with Crippen LogP contribution >= 0.6 is 0 Å². The van der Waals surface area contributed by atoms with Crippen molar-refractivity contribution in [3.8, 4) is 0 Å². The monoisotopic (exact) mass is 172 g/mol. The number of nitrogens with zero attached hydrogens (tertiary/aromatic N) is 2. The molecule has 0 saturated carbocycles. The number of nitrogens with one attached hydrogen (secondary N) is 1. The lowest BCUT2D eigenvalue weighted by Crippen LogP contribution is -2.06. The van der Waals surface area contributed by atoms with Gasteiger partial charge in [0.05, 0.1) is 0 Å². The van der Waals surface area contributed by atoms with Gasteiger partial charge in [-0.2, -0.15) is 4.98 Å². The van der Waals surface area contributed by atoms with Gasteiger partial charge in [0.25, 0.3) is 0 Å². The van der Waals surface area contributed by atoms with Gasteiger partial charge in [-0.25, -0.2) is 5.84 Å². The van der Waals surface area contributed by atoms with Crippen molar-refractivity contribution in [1.82, 2.24) is 10.1 Å². The van der Waals surface area contributed by atoms with E-state index in [1.54, 1.807) is 7.11 Å². The minimum Gasteiger partial charge on any atom is -0.385 e. The summed E-state index contributed by atoms with van der Waals surface area (Å²) < 4.78 is 9.58. The number of ether oxygens (including phenoxy) is 1. The van der Waals surface area contributed by atoms with Crippen LogP contribution in [0.1, 0.15) is 12.2 Å². The van der Waals surface area contributed by atoms with E-state index in [2.05, 4.69) is 15.6 Å². The van der Waals surface area contributed by atoms with Gasteiger partial charge in [0.2, 0.25) is 0 Å². The maximum atomic E-state index is 5.05. The molecule has 3 N–H and O–H groups in total. The number of aryl methyl sites for hydroxylation is 1. The Morgan fingerprint density at radius 1 is 1.67 bits per heavy atom. The summed E-state index contributed by atoms with van der Waals surface area (Å²) >= 11 is 0. The van der Waals surface area contributed by atoms with Crippen LogP contribution in [0.3, 0.4) is 0 Å². The van der Waals surface area contributed by atoms with E-state index in [9.17, 15) is 0 Å². The predicted octanol–water partition coefficient (Wildman–Crippen LogP) is -0.0658. The smallest absolute Gasteiger partial charge is 0.335 e. The van der Waals surface area contributed by atoms with Crippen molar-refractivity contribution in [1.29, 1.82) is 0 Å². The summed E-state index contributed by atoms with van der Waals surface area (Å²) in [5.41, 5.74) is 2.27. The second-order valence-corrected chi connectivity index (χ2v) is 2.26. The van der Waals surface area contributed by atoms with E-state index in [1.165, 1.54) is 0 Å². The number of anilines is 1. The molecule has 6 nitrogen and oxygen atoms in total. The highest BCUT2D eigenvalue weighted by Gasteiger charge is 2.02. The molecule has 0 aliphatic rings. The van der Waals surface area contributed by atoms with Crippen molar-refractivity contribution in [2.45, 2.75) is 12.8 Å². The van der Waals surface area contributed by atoms with Gasteiger partial charge in [-0.05, 0) is 6.42 Å². The third-order valence-corrected chi connectivity index (χ3v) is 1.34. The van der Waals surface area contributed by atoms with Gasteiger partial charge >= 0.3 is 6.01 Å². The van der Waals surface area contributed by atoms with Crippen molar-refractivity contribution in [3.05, 3.63) is 5.82 Å². The van der Waals surface area contributed by atoms with Crippen LogP contribution in [0.5, 0.6) is 0 Å². The zero-order valence-corrected chi connectivity index (χ0v) is 6.91. The van der Waals surface area contributed by atoms with Crippen molar-refractivity contribution in [2.24, 2.45) is 5.84 Å². The minimum absolute atomic E-state index is 0.238. The molecule has 0 aromatic carbocycles. The lowest BCUT2D eigenvalue weighted by Gasteiger charge is -1.92. The van der Waals surface area contributed by atoms with E-state index >= 15 is 0 Å². The van der Waals surface area contributed by atoms with Gasteiger partial charge in [-0.15, -0.1) is 0 Å². The predicted molar refractivity (Wildman–Crippen MR) is 42.3 cm³/mol. The summed E-state index contributed by atoms with van der Waals surface area (Å²) in [4.78, 5) is 3.93. The van der Waals surface area contributed by atoms with Crippen LogP contribution in [0.25, 0.3) is 0 Å². The number of methoxy groups -OCH3 is 1. The van der Waals surface area contributed by atoms with E-state index in [-0.39, 0.29) is 6.01 Å². The molecule has 1 aromatic heterocycles. The molecule has 68 valence electrons. The molecule has 0 amide bonds. The Bertz CT molecular complexity index is 225. The maximum absolute atomic E-state index is 5.05. The van der Waals surface area contributed by atoms with Crippen molar-refractivity contribution in [3.63, 3.8) is 0 Å². The minimum atomic E-state index is 0.238. The van der Waals surface area contributed by atoms with E-state index < -0.39 is 0 Å². The van der Waals surface area contributed by atoms with Crippen LogP contribution in [0.4, 0.5) is 6.01 Å². The Labute approximate surface area is 70.0 Å². The quantitative estimate of drug-likeness (QED) is 0.367. The highest BCUT2D eigenvalue weighted by molar-refractivity contribution is 5.14. The van der Waals surface area contributed by atoms with Crippen LogP contribution in [-0.2, 0) is 11.2 Å². The van der Waals surface area contributed by atoms with Gasteiger partial charge < -0.3 is 9.26 Å². The Morgan fingerprint density at radius 2 is 2.50 bits per heavy atom. The molecule has 1 aromatic rings. The molecular formula is C6H12N4O2. The van der Waals surface area contributed by atoms with Crippen LogP contribution < -0.4 is 11.3 Å². The molecule has 0 saturated heterocycles. The summed E-state index contributed by atoms with van der Waals surface area (Å²) in [6.07, 6.45) is 1.61. The summed E-state index contributed by atoms with van der Waals surface area (Å²) in [6.45, 7) is 0.694. The second-order valence-electron chi connectivity index (χ2n) is 2.26. The molecule has 0 aliphatic carbocycles.